The van der Waals surface area contributed by atoms with Gasteiger partial charge >= 0.3 is 0 Å². The molecule has 0 amide bonds. The van der Waals surface area contributed by atoms with Gasteiger partial charge in [-0.05, 0) is 18.1 Å². The summed E-state index contributed by atoms with van der Waals surface area (Å²) < 4.78 is 0. The lowest BCUT2D eigenvalue weighted by atomic mass is 9.80. The highest BCUT2D eigenvalue weighted by Gasteiger charge is 2.34. The monoisotopic (exact) mass is 209 g/mol. The van der Waals surface area contributed by atoms with E-state index < -0.39 is 0 Å². The number of fused-ring (bicyclic) bond motifs is 1. The van der Waals surface area contributed by atoms with Gasteiger partial charge < -0.3 is 5.32 Å². The molecule has 0 fully saturated rings. The molecule has 0 spiro atoms. The summed E-state index contributed by atoms with van der Waals surface area (Å²) in [6, 6.07) is 6.18. The molecule has 1 aromatic rings. The lowest BCUT2D eigenvalue weighted by Gasteiger charge is -2.23. The van der Waals surface area contributed by atoms with Crippen molar-refractivity contribution >= 4 is 17.3 Å². The summed E-state index contributed by atoms with van der Waals surface area (Å²) >= 11 is 6.13. The number of hydrogen-bond acceptors (Lipinski definition) is 1. The predicted molar refractivity (Wildman–Crippen MR) is 62.2 cm³/mol. The molecule has 1 aliphatic heterocycles. The second-order valence-electron chi connectivity index (χ2n) is 4.33. The summed E-state index contributed by atoms with van der Waals surface area (Å²) in [4.78, 5) is 0. The minimum Gasteiger partial charge on any atom is -0.383 e. The van der Waals surface area contributed by atoms with Crippen LogP contribution in [-0.4, -0.2) is 6.54 Å². The zero-order valence-corrected chi connectivity index (χ0v) is 9.49. The van der Waals surface area contributed by atoms with Gasteiger partial charge in [-0.3, -0.25) is 0 Å². The molecular weight excluding hydrogens is 194 g/mol. The van der Waals surface area contributed by atoms with Crippen molar-refractivity contribution in [1.29, 1.82) is 0 Å². The van der Waals surface area contributed by atoms with Gasteiger partial charge in [-0.15, -0.1) is 0 Å². The number of benzene rings is 1. The van der Waals surface area contributed by atoms with Crippen LogP contribution in [0.15, 0.2) is 18.2 Å². The molecule has 1 N–H and O–H groups in total. The third-order valence-corrected chi connectivity index (χ3v) is 3.44. The first-order valence-corrected chi connectivity index (χ1v) is 5.58. The lowest BCUT2D eigenvalue weighted by Crippen LogP contribution is -2.23. The quantitative estimate of drug-likeness (QED) is 0.781. The minimum atomic E-state index is 0.273. The molecule has 1 nitrogen and oxygen atoms in total. The van der Waals surface area contributed by atoms with E-state index in [9.17, 15) is 0 Å². The van der Waals surface area contributed by atoms with Crippen LogP contribution in [0.3, 0.4) is 0 Å². The predicted octanol–water partition coefficient (Wildman–Crippen LogP) is 3.82. The van der Waals surface area contributed by atoms with E-state index in [0.717, 1.165) is 17.3 Å². The summed E-state index contributed by atoms with van der Waals surface area (Å²) in [5.41, 5.74) is 2.80. The Morgan fingerprint density at radius 1 is 1.50 bits per heavy atom. The van der Waals surface area contributed by atoms with E-state index in [0.29, 0.717) is 0 Å². The van der Waals surface area contributed by atoms with E-state index in [1.807, 2.05) is 12.1 Å². The van der Waals surface area contributed by atoms with Gasteiger partial charge in [0.1, 0.15) is 0 Å². The second kappa shape index (κ2) is 3.47. The van der Waals surface area contributed by atoms with Crippen molar-refractivity contribution in [1.82, 2.24) is 0 Å². The van der Waals surface area contributed by atoms with E-state index in [1.54, 1.807) is 0 Å². The topological polar surface area (TPSA) is 12.0 Å². The van der Waals surface area contributed by atoms with Crippen LogP contribution < -0.4 is 5.32 Å². The standard InChI is InChI=1S/C12H16ClN/c1-3-7-12(2)8-14-11-9(12)5-4-6-10(11)13/h4-6,14H,3,7-8H2,1-2H3. The Morgan fingerprint density at radius 3 is 3.00 bits per heavy atom. The third kappa shape index (κ3) is 1.40. The van der Waals surface area contributed by atoms with Crippen LogP contribution >= 0.6 is 11.6 Å². The van der Waals surface area contributed by atoms with Gasteiger partial charge in [0, 0.05) is 12.0 Å². The first-order valence-electron chi connectivity index (χ1n) is 5.20. The largest absolute Gasteiger partial charge is 0.383 e. The summed E-state index contributed by atoms with van der Waals surface area (Å²) in [6.07, 6.45) is 2.43. The lowest BCUT2D eigenvalue weighted by molar-refractivity contribution is 0.471. The molecule has 1 aliphatic rings. The van der Waals surface area contributed by atoms with E-state index >= 15 is 0 Å². The number of halogens is 1. The fourth-order valence-electron chi connectivity index (χ4n) is 2.36. The van der Waals surface area contributed by atoms with Crippen LogP contribution in [0.4, 0.5) is 5.69 Å². The summed E-state index contributed by atoms with van der Waals surface area (Å²) in [5.74, 6) is 0. The third-order valence-electron chi connectivity index (χ3n) is 3.12. The highest BCUT2D eigenvalue weighted by atomic mass is 35.5. The number of para-hydroxylation sites is 1. The zero-order chi connectivity index (χ0) is 10.2. The molecule has 1 aromatic carbocycles. The van der Waals surface area contributed by atoms with Gasteiger partial charge in [-0.1, -0.05) is 44.0 Å². The molecule has 76 valence electrons. The van der Waals surface area contributed by atoms with E-state index in [-0.39, 0.29) is 5.41 Å². The Labute approximate surface area is 90.5 Å². The molecule has 1 atom stereocenters. The maximum absolute atomic E-state index is 6.13. The number of nitrogens with one attached hydrogen (secondary N) is 1. The van der Waals surface area contributed by atoms with Crippen LogP contribution in [0.5, 0.6) is 0 Å². The zero-order valence-electron chi connectivity index (χ0n) is 8.73. The Hall–Kier alpha value is -0.690. The van der Waals surface area contributed by atoms with E-state index in [1.165, 1.54) is 18.4 Å². The van der Waals surface area contributed by atoms with Crippen LogP contribution in [0, 0.1) is 0 Å². The van der Waals surface area contributed by atoms with Crippen LogP contribution in [0.25, 0.3) is 0 Å². The SMILES string of the molecule is CCCC1(C)CNc2c(Cl)cccc21. The minimum absolute atomic E-state index is 0.273. The van der Waals surface area contributed by atoms with Crippen LogP contribution in [0.2, 0.25) is 5.02 Å². The Kier molecular flexibility index (Phi) is 2.44. The van der Waals surface area contributed by atoms with Gasteiger partial charge in [0.2, 0.25) is 0 Å². The van der Waals surface area contributed by atoms with Crippen LogP contribution in [-0.2, 0) is 5.41 Å². The van der Waals surface area contributed by atoms with Gasteiger partial charge in [0.05, 0.1) is 10.7 Å². The fraction of sp³-hybridized carbons (Fsp3) is 0.500. The summed E-state index contributed by atoms with van der Waals surface area (Å²) in [7, 11) is 0. The molecule has 1 unspecified atom stereocenters. The van der Waals surface area contributed by atoms with E-state index in [4.69, 9.17) is 11.6 Å². The average molecular weight is 210 g/mol. The van der Waals surface area contributed by atoms with Crippen molar-refractivity contribution in [2.45, 2.75) is 32.1 Å². The maximum atomic E-state index is 6.13. The molecule has 14 heavy (non-hydrogen) atoms. The Morgan fingerprint density at radius 2 is 2.29 bits per heavy atom. The number of rotatable bonds is 2. The van der Waals surface area contributed by atoms with Crippen molar-refractivity contribution in [3.05, 3.63) is 28.8 Å². The van der Waals surface area contributed by atoms with Crippen molar-refractivity contribution in [3.63, 3.8) is 0 Å². The van der Waals surface area contributed by atoms with Gasteiger partial charge in [0.15, 0.2) is 0 Å². The molecule has 0 bridgehead atoms. The summed E-state index contributed by atoms with van der Waals surface area (Å²) in [6.45, 7) is 5.55. The molecule has 0 saturated heterocycles. The number of hydrogen-bond donors (Lipinski definition) is 1. The average Bonchev–Trinajstić information content (AvgIpc) is 2.47. The molecule has 2 rings (SSSR count). The second-order valence-corrected chi connectivity index (χ2v) is 4.73. The maximum Gasteiger partial charge on any atom is 0.0640 e. The first kappa shape index (κ1) is 9.85. The van der Waals surface area contributed by atoms with E-state index in [2.05, 4.69) is 25.2 Å². The number of anilines is 1. The van der Waals surface area contributed by atoms with Crippen molar-refractivity contribution in [3.8, 4) is 0 Å². The molecule has 0 saturated carbocycles. The normalized spacial score (nSPS) is 24.5. The fourth-order valence-corrected chi connectivity index (χ4v) is 2.60. The van der Waals surface area contributed by atoms with Crippen molar-refractivity contribution in [2.75, 3.05) is 11.9 Å². The first-order chi connectivity index (χ1) is 6.67. The molecule has 1 heterocycles. The smallest absolute Gasteiger partial charge is 0.0640 e. The van der Waals surface area contributed by atoms with Gasteiger partial charge in [-0.25, -0.2) is 0 Å². The summed E-state index contributed by atoms with van der Waals surface area (Å²) in [5, 5.41) is 4.26. The Bertz CT molecular complexity index is 348. The van der Waals surface area contributed by atoms with Crippen LogP contribution in [0.1, 0.15) is 32.3 Å². The molecule has 0 radical (unpaired) electrons. The van der Waals surface area contributed by atoms with Gasteiger partial charge in [-0.2, -0.15) is 0 Å². The Balaban J connectivity index is 2.44. The highest BCUT2D eigenvalue weighted by Crippen LogP contribution is 2.42. The molecule has 0 aromatic heterocycles. The van der Waals surface area contributed by atoms with Crippen molar-refractivity contribution in [2.24, 2.45) is 0 Å². The van der Waals surface area contributed by atoms with Gasteiger partial charge in [0.25, 0.3) is 0 Å². The molecule has 2 heteroatoms. The molecular formula is C12H16ClN. The molecule has 0 aliphatic carbocycles. The van der Waals surface area contributed by atoms with Crippen molar-refractivity contribution < 1.29 is 0 Å². The highest BCUT2D eigenvalue weighted by molar-refractivity contribution is 6.33.